The lowest BCUT2D eigenvalue weighted by Crippen LogP contribution is -2.34. The van der Waals surface area contributed by atoms with Gasteiger partial charge in [-0.2, -0.15) is 0 Å². The molecule has 1 aliphatic rings. The van der Waals surface area contributed by atoms with Crippen LogP contribution in [0.2, 0.25) is 0 Å². The predicted molar refractivity (Wildman–Crippen MR) is 137 cm³/mol. The van der Waals surface area contributed by atoms with E-state index in [1.54, 1.807) is 48.5 Å². The zero-order valence-corrected chi connectivity index (χ0v) is 20.7. The smallest absolute Gasteiger partial charge is 0.286 e. The first-order valence-electron chi connectivity index (χ1n) is 12.1. The molecular formula is C27H35N3O6. The van der Waals surface area contributed by atoms with Crippen LogP contribution < -0.4 is 16.4 Å². The van der Waals surface area contributed by atoms with Crippen LogP contribution in [-0.4, -0.2) is 49.6 Å². The standard InChI is InChI=1S/C27H35N3O6/c1-18(2)21-15-24(36-25(16-21)35-14-13-34-12-11-31)27(33)29-17-19-7-9-20(10-8-19)26(32)30-23-6-4-3-5-22(23)28/h3-10,15,18,21,25,31H,11-14,16-17,28H2,1-2H3,(H,29,33)(H,30,32)/t21-,25+/m1/s1. The summed E-state index contributed by atoms with van der Waals surface area (Å²) in [5, 5.41) is 14.4. The summed E-state index contributed by atoms with van der Waals surface area (Å²) < 4.78 is 16.8. The maximum Gasteiger partial charge on any atom is 0.286 e. The monoisotopic (exact) mass is 497 g/mol. The minimum Gasteiger partial charge on any atom is -0.459 e. The molecule has 0 radical (unpaired) electrons. The first-order chi connectivity index (χ1) is 17.4. The van der Waals surface area contributed by atoms with Crippen molar-refractivity contribution >= 4 is 23.2 Å². The Morgan fingerprint density at radius 2 is 1.83 bits per heavy atom. The number of benzene rings is 2. The van der Waals surface area contributed by atoms with Crippen LogP contribution in [0.5, 0.6) is 0 Å². The lowest BCUT2D eigenvalue weighted by Gasteiger charge is -2.30. The maximum atomic E-state index is 12.8. The van der Waals surface area contributed by atoms with Crippen molar-refractivity contribution in [3.05, 3.63) is 71.5 Å². The second-order valence-corrected chi connectivity index (χ2v) is 8.85. The fraction of sp³-hybridized carbons (Fsp3) is 0.407. The van der Waals surface area contributed by atoms with Gasteiger partial charge in [-0.1, -0.05) is 38.1 Å². The second-order valence-electron chi connectivity index (χ2n) is 8.85. The number of hydrogen-bond donors (Lipinski definition) is 4. The molecule has 0 spiro atoms. The van der Waals surface area contributed by atoms with E-state index in [9.17, 15) is 9.59 Å². The van der Waals surface area contributed by atoms with E-state index in [-0.39, 0.29) is 43.2 Å². The van der Waals surface area contributed by atoms with Crippen molar-refractivity contribution in [2.45, 2.75) is 33.1 Å². The first kappa shape index (κ1) is 27.2. The fourth-order valence-corrected chi connectivity index (χ4v) is 3.66. The highest BCUT2D eigenvalue weighted by atomic mass is 16.7. The summed E-state index contributed by atoms with van der Waals surface area (Å²) in [6.07, 6.45) is 1.95. The van der Waals surface area contributed by atoms with Gasteiger partial charge in [-0.05, 0) is 47.7 Å². The Hall–Kier alpha value is -3.40. The molecular weight excluding hydrogens is 462 g/mol. The number of ether oxygens (including phenoxy) is 3. The summed E-state index contributed by atoms with van der Waals surface area (Å²) in [6.45, 7) is 5.32. The summed E-state index contributed by atoms with van der Waals surface area (Å²) in [6, 6.07) is 14.0. The molecule has 2 amide bonds. The molecule has 1 aliphatic heterocycles. The molecule has 9 heteroatoms. The molecule has 0 bridgehead atoms. The molecule has 2 atom stereocenters. The van der Waals surface area contributed by atoms with Gasteiger partial charge in [0.25, 0.3) is 11.8 Å². The van der Waals surface area contributed by atoms with E-state index in [0.29, 0.717) is 42.5 Å². The largest absolute Gasteiger partial charge is 0.459 e. The van der Waals surface area contributed by atoms with Gasteiger partial charge in [-0.25, -0.2) is 0 Å². The van der Waals surface area contributed by atoms with Gasteiger partial charge in [0.15, 0.2) is 5.76 Å². The Balaban J connectivity index is 1.53. The minimum atomic E-state index is -0.544. The third-order valence-electron chi connectivity index (χ3n) is 5.81. The quantitative estimate of drug-likeness (QED) is 0.262. The summed E-state index contributed by atoms with van der Waals surface area (Å²) in [4.78, 5) is 25.3. The average molecular weight is 498 g/mol. The van der Waals surface area contributed by atoms with Crippen LogP contribution in [0.1, 0.15) is 36.2 Å². The van der Waals surface area contributed by atoms with Crippen LogP contribution in [0.3, 0.4) is 0 Å². The number of carbonyl (C=O) groups excluding carboxylic acids is 2. The number of nitrogen functional groups attached to an aromatic ring is 1. The Morgan fingerprint density at radius 3 is 2.53 bits per heavy atom. The number of aliphatic hydroxyl groups excluding tert-OH is 1. The number of carbonyl (C=O) groups is 2. The van der Waals surface area contributed by atoms with Crippen LogP contribution in [0, 0.1) is 11.8 Å². The van der Waals surface area contributed by atoms with Crippen molar-refractivity contribution in [2.24, 2.45) is 11.8 Å². The van der Waals surface area contributed by atoms with Crippen molar-refractivity contribution in [1.29, 1.82) is 0 Å². The highest BCUT2D eigenvalue weighted by Gasteiger charge is 2.29. The molecule has 194 valence electrons. The number of anilines is 2. The molecule has 1 heterocycles. The van der Waals surface area contributed by atoms with Gasteiger partial charge in [0.1, 0.15) is 0 Å². The molecule has 3 rings (SSSR count). The summed E-state index contributed by atoms with van der Waals surface area (Å²) >= 11 is 0. The van der Waals surface area contributed by atoms with Gasteiger partial charge in [0, 0.05) is 18.5 Å². The van der Waals surface area contributed by atoms with Crippen LogP contribution in [-0.2, 0) is 25.5 Å². The van der Waals surface area contributed by atoms with Gasteiger partial charge in [0.2, 0.25) is 6.29 Å². The number of nitrogens with one attached hydrogen (secondary N) is 2. The normalized spacial score (nSPS) is 17.3. The highest BCUT2D eigenvalue weighted by Crippen LogP contribution is 2.28. The first-order valence-corrected chi connectivity index (χ1v) is 12.1. The van der Waals surface area contributed by atoms with Crippen molar-refractivity contribution < 1.29 is 28.9 Å². The highest BCUT2D eigenvalue weighted by molar-refractivity contribution is 6.05. The molecule has 0 saturated heterocycles. The maximum absolute atomic E-state index is 12.8. The molecule has 2 aromatic carbocycles. The van der Waals surface area contributed by atoms with E-state index < -0.39 is 6.29 Å². The molecule has 0 aromatic heterocycles. The van der Waals surface area contributed by atoms with E-state index in [4.69, 9.17) is 25.1 Å². The number of aliphatic hydroxyl groups is 1. The zero-order chi connectivity index (χ0) is 25.9. The zero-order valence-electron chi connectivity index (χ0n) is 20.7. The third-order valence-corrected chi connectivity index (χ3v) is 5.81. The van der Waals surface area contributed by atoms with E-state index >= 15 is 0 Å². The SMILES string of the molecule is CC(C)[C@@H]1C=C(C(=O)NCc2ccc(C(=O)Nc3ccccc3N)cc2)O[C@H](OCCOCCO)C1. The molecule has 0 saturated carbocycles. The van der Waals surface area contributed by atoms with Crippen LogP contribution in [0.4, 0.5) is 11.4 Å². The molecule has 0 unspecified atom stereocenters. The van der Waals surface area contributed by atoms with Crippen LogP contribution >= 0.6 is 0 Å². The average Bonchev–Trinajstić information content (AvgIpc) is 2.88. The number of para-hydroxylation sites is 2. The van der Waals surface area contributed by atoms with Gasteiger partial charge in [-0.3, -0.25) is 9.59 Å². The number of rotatable bonds is 12. The summed E-state index contributed by atoms with van der Waals surface area (Å²) in [7, 11) is 0. The minimum absolute atomic E-state index is 0.0405. The van der Waals surface area contributed by atoms with Crippen molar-refractivity contribution in [3.8, 4) is 0 Å². The Kier molecular flexibility index (Phi) is 10.3. The van der Waals surface area contributed by atoms with E-state index in [1.807, 2.05) is 6.08 Å². The van der Waals surface area contributed by atoms with E-state index in [2.05, 4.69) is 24.5 Å². The number of hydrogen-bond acceptors (Lipinski definition) is 7. The van der Waals surface area contributed by atoms with Crippen LogP contribution in [0.25, 0.3) is 0 Å². The van der Waals surface area contributed by atoms with E-state index in [0.717, 1.165) is 5.56 Å². The van der Waals surface area contributed by atoms with Gasteiger partial charge in [0.05, 0.1) is 37.8 Å². The lowest BCUT2D eigenvalue weighted by molar-refractivity contribution is -0.155. The Bertz CT molecular complexity index is 1040. The fourth-order valence-electron chi connectivity index (χ4n) is 3.66. The summed E-state index contributed by atoms with van der Waals surface area (Å²) in [5.74, 6) is 0.0963. The van der Waals surface area contributed by atoms with Crippen molar-refractivity contribution in [2.75, 3.05) is 37.5 Å². The summed E-state index contributed by atoms with van der Waals surface area (Å²) in [5.41, 5.74) is 8.25. The lowest BCUT2D eigenvalue weighted by atomic mass is 9.90. The van der Waals surface area contributed by atoms with Crippen molar-refractivity contribution in [1.82, 2.24) is 5.32 Å². The van der Waals surface area contributed by atoms with Gasteiger partial charge < -0.3 is 35.7 Å². The molecule has 5 N–H and O–H groups in total. The predicted octanol–water partition coefficient (Wildman–Crippen LogP) is 3.07. The third kappa shape index (κ3) is 8.08. The molecule has 36 heavy (non-hydrogen) atoms. The van der Waals surface area contributed by atoms with Crippen molar-refractivity contribution in [3.63, 3.8) is 0 Å². The topological polar surface area (TPSA) is 132 Å². The number of nitrogens with two attached hydrogens (primary N) is 1. The second kappa shape index (κ2) is 13.6. The molecule has 9 nitrogen and oxygen atoms in total. The van der Waals surface area contributed by atoms with Gasteiger partial charge in [-0.15, -0.1) is 0 Å². The molecule has 2 aromatic rings. The van der Waals surface area contributed by atoms with E-state index in [1.165, 1.54) is 0 Å². The number of allylic oxidation sites excluding steroid dienone is 1. The number of amides is 2. The Labute approximate surface area is 211 Å². The Morgan fingerprint density at radius 1 is 1.08 bits per heavy atom. The van der Waals surface area contributed by atoms with Crippen LogP contribution in [0.15, 0.2) is 60.4 Å². The molecule has 0 aliphatic carbocycles. The van der Waals surface area contributed by atoms with Gasteiger partial charge >= 0.3 is 0 Å². The molecule has 0 fully saturated rings.